The van der Waals surface area contributed by atoms with E-state index in [1.807, 2.05) is 0 Å². The highest BCUT2D eigenvalue weighted by atomic mass is 35.5. The fourth-order valence-electron chi connectivity index (χ4n) is 0.950. The maximum absolute atomic E-state index is 5.78. The second kappa shape index (κ2) is 2.72. The Morgan fingerprint density at radius 1 is 1.80 bits per heavy atom. The number of rotatable bonds is 3. The van der Waals surface area contributed by atoms with E-state index >= 15 is 0 Å². The standard InChI is InChI=1S/C7H11Cl2N/c1-2-6(10)3-5-4-7(5,8)9/h2,5-6H,1,3-4,10H2. The van der Waals surface area contributed by atoms with Gasteiger partial charge in [-0.15, -0.1) is 29.8 Å². The van der Waals surface area contributed by atoms with Gasteiger partial charge in [0.15, 0.2) is 0 Å². The van der Waals surface area contributed by atoms with Gasteiger partial charge in [0.05, 0.1) is 0 Å². The number of alkyl halides is 2. The molecule has 0 aromatic carbocycles. The summed E-state index contributed by atoms with van der Waals surface area (Å²) in [6.45, 7) is 3.58. The van der Waals surface area contributed by atoms with Crippen LogP contribution in [0.3, 0.4) is 0 Å². The zero-order valence-corrected chi connectivity index (χ0v) is 7.20. The van der Waals surface area contributed by atoms with Crippen molar-refractivity contribution in [2.75, 3.05) is 0 Å². The molecule has 3 heteroatoms. The molecule has 0 aliphatic heterocycles. The quantitative estimate of drug-likeness (QED) is 0.522. The van der Waals surface area contributed by atoms with Crippen molar-refractivity contribution in [1.29, 1.82) is 0 Å². The van der Waals surface area contributed by atoms with Crippen LogP contribution >= 0.6 is 23.2 Å². The van der Waals surface area contributed by atoms with Crippen molar-refractivity contribution in [3.8, 4) is 0 Å². The Hall–Kier alpha value is 0.280. The third kappa shape index (κ3) is 1.88. The minimum Gasteiger partial charge on any atom is -0.324 e. The lowest BCUT2D eigenvalue weighted by atomic mass is 10.1. The summed E-state index contributed by atoms with van der Waals surface area (Å²) in [5.74, 6) is 0.379. The largest absolute Gasteiger partial charge is 0.324 e. The fraction of sp³-hybridized carbons (Fsp3) is 0.714. The van der Waals surface area contributed by atoms with Gasteiger partial charge < -0.3 is 5.73 Å². The molecule has 0 aromatic heterocycles. The van der Waals surface area contributed by atoms with Crippen LogP contribution in [0.5, 0.6) is 0 Å². The monoisotopic (exact) mass is 179 g/mol. The third-order valence-corrected chi connectivity index (χ3v) is 2.74. The molecule has 0 radical (unpaired) electrons. The highest BCUT2D eigenvalue weighted by Gasteiger charge is 2.51. The van der Waals surface area contributed by atoms with Gasteiger partial charge >= 0.3 is 0 Å². The normalized spacial score (nSPS) is 31.3. The molecule has 0 amide bonds. The van der Waals surface area contributed by atoms with E-state index in [1.165, 1.54) is 0 Å². The van der Waals surface area contributed by atoms with Crippen molar-refractivity contribution >= 4 is 23.2 Å². The highest BCUT2D eigenvalue weighted by molar-refractivity contribution is 6.50. The van der Waals surface area contributed by atoms with Gasteiger partial charge in [-0.05, 0) is 18.8 Å². The van der Waals surface area contributed by atoms with Crippen LogP contribution in [0.15, 0.2) is 12.7 Å². The second-order valence-electron chi connectivity index (χ2n) is 2.80. The molecule has 1 saturated carbocycles. The predicted molar refractivity (Wildman–Crippen MR) is 45.3 cm³/mol. The van der Waals surface area contributed by atoms with Gasteiger partial charge in [-0.3, -0.25) is 0 Å². The number of halogens is 2. The maximum Gasteiger partial charge on any atom is 0.121 e. The molecule has 1 aliphatic rings. The Balaban J connectivity index is 2.23. The van der Waals surface area contributed by atoms with E-state index < -0.39 is 4.33 Å². The first-order valence-corrected chi connectivity index (χ1v) is 4.08. The van der Waals surface area contributed by atoms with Gasteiger partial charge in [0.2, 0.25) is 0 Å². The molecule has 1 aliphatic carbocycles. The summed E-state index contributed by atoms with van der Waals surface area (Å²) >= 11 is 11.6. The van der Waals surface area contributed by atoms with Crippen molar-refractivity contribution in [3.63, 3.8) is 0 Å². The molecular formula is C7H11Cl2N. The van der Waals surface area contributed by atoms with Crippen LogP contribution in [0.1, 0.15) is 12.8 Å². The summed E-state index contributed by atoms with van der Waals surface area (Å²) < 4.78 is -0.485. The van der Waals surface area contributed by atoms with E-state index in [1.54, 1.807) is 6.08 Å². The fourth-order valence-corrected chi connectivity index (χ4v) is 1.50. The summed E-state index contributed by atoms with van der Waals surface area (Å²) in [4.78, 5) is 0. The average Bonchev–Trinajstić information content (AvgIpc) is 2.40. The van der Waals surface area contributed by atoms with Crippen molar-refractivity contribution in [3.05, 3.63) is 12.7 Å². The second-order valence-corrected chi connectivity index (χ2v) is 4.34. The van der Waals surface area contributed by atoms with Gasteiger partial charge in [-0.1, -0.05) is 6.08 Å². The van der Waals surface area contributed by atoms with E-state index in [9.17, 15) is 0 Å². The Morgan fingerprint density at radius 3 is 2.60 bits per heavy atom. The van der Waals surface area contributed by atoms with Gasteiger partial charge in [0, 0.05) is 6.04 Å². The Bertz CT molecular complexity index is 145. The SMILES string of the molecule is C=CC(N)CC1CC1(Cl)Cl. The highest BCUT2D eigenvalue weighted by Crippen LogP contribution is 2.55. The first-order valence-electron chi connectivity index (χ1n) is 3.32. The topological polar surface area (TPSA) is 26.0 Å². The zero-order valence-electron chi connectivity index (χ0n) is 5.69. The molecular weight excluding hydrogens is 169 g/mol. The minimum atomic E-state index is -0.485. The molecule has 2 unspecified atom stereocenters. The predicted octanol–water partition coefficient (Wildman–Crippen LogP) is 2.08. The molecule has 10 heavy (non-hydrogen) atoms. The average molecular weight is 180 g/mol. The van der Waals surface area contributed by atoms with E-state index in [4.69, 9.17) is 28.9 Å². The smallest absolute Gasteiger partial charge is 0.121 e. The lowest BCUT2D eigenvalue weighted by Crippen LogP contribution is -2.17. The van der Waals surface area contributed by atoms with E-state index in [2.05, 4.69) is 6.58 Å². The lowest BCUT2D eigenvalue weighted by molar-refractivity contribution is 0.648. The third-order valence-electron chi connectivity index (χ3n) is 1.82. The van der Waals surface area contributed by atoms with Gasteiger partial charge in [0.1, 0.15) is 4.33 Å². The van der Waals surface area contributed by atoms with E-state index in [0.717, 1.165) is 12.8 Å². The lowest BCUT2D eigenvalue weighted by Gasteiger charge is -2.04. The molecule has 2 atom stereocenters. The van der Waals surface area contributed by atoms with E-state index in [0.29, 0.717) is 5.92 Å². The van der Waals surface area contributed by atoms with Crippen LogP contribution in [-0.4, -0.2) is 10.4 Å². The summed E-state index contributed by atoms with van der Waals surface area (Å²) in [5, 5.41) is 0. The number of hydrogen-bond donors (Lipinski definition) is 1. The first kappa shape index (κ1) is 8.38. The molecule has 0 spiro atoms. The van der Waals surface area contributed by atoms with Crippen LogP contribution < -0.4 is 5.73 Å². The summed E-state index contributed by atoms with van der Waals surface area (Å²) in [5.41, 5.74) is 5.60. The van der Waals surface area contributed by atoms with Crippen molar-refractivity contribution in [2.24, 2.45) is 11.7 Å². The zero-order chi connectivity index (χ0) is 7.78. The minimum absolute atomic E-state index is 0.0457. The molecule has 0 heterocycles. The number of hydrogen-bond acceptors (Lipinski definition) is 1. The first-order chi connectivity index (χ1) is 4.56. The summed E-state index contributed by atoms with van der Waals surface area (Å²) in [7, 11) is 0. The molecule has 2 N–H and O–H groups in total. The molecule has 0 aromatic rings. The van der Waals surface area contributed by atoms with Crippen molar-refractivity contribution < 1.29 is 0 Å². The summed E-state index contributed by atoms with van der Waals surface area (Å²) in [6.07, 6.45) is 3.45. The van der Waals surface area contributed by atoms with Crippen LogP contribution in [0.25, 0.3) is 0 Å². The van der Waals surface area contributed by atoms with Gasteiger partial charge in [0.25, 0.3) is 0 Å². The van der Waals surface area contributed by atoms with Crippen LogP contribution in [0.4, 0.5) is 0 Å². The van der Waals surface area contributed by atoms with Crippen molar-refractivity contribution in [2.45, 2.75) is 23.2 Å². The maximum atomic E-state index is 5.78. The molecule has 1 nitrogen and oxygen atoms in total. The van der Waals surface area contributed by atoms with Crippen molar-refractivity contribution in [1.82, 2.24) is 0 Å². The van der Waals surface area contributed by atoms with Crippen LogP contribution in [0, 0.1) is 5.92 Å². The molecule has 1 rings (SSSR count). The van der Waals surface area contributed by atoms with E-state index in [-0.39, 0.29) is 6.04 Å². The molecule has 58 valence electrons. The van der Waals surface area contributed by atoms with Gasteiger partial charge in [-0.25, -0.2) is 0 Å². The van der Waals surface area contributed by atoms with Crippen LogP contribution in [-0.2, 0) is 0 Å². The Kier molecular flexibility index (Phi) is 2.28. The Labute approximate surface area is 71.2 Å². The summed E-state index contributed by atoms with van der Waals surface area (Å²) in [6, 6.07) is 0.0457. The molecule has 0 bridgehead atoms. The number of nitrogens with two attached hydrogens (primary N) is 1. The Morgan fingerprint density at radius 2 is 2.30 bits per heavy atom. The molecule has 0 saturated heterocycles. The van der Waals surface area contributed by atoms with Gasteiger partial charge in [-0.2, -0.15) is 0 Å². The van der Waals surface area contributed by atoms with Crippen LogP contribution in [0.2, 0.25) is 0 Å². The molecule has 1 fully saturated rings.